The van der Waals surface area contributed by atoms with Gasteiger partial charge in [0.25, 0.3) is 5.91 Å². The van der Waals surface area contributed by atoms with Crippen LogP contribution in [0.4, 0.5) is 0 Å². The molecule has 29 heavy (non-hydrogen) atoms. The Labute approximate surface area is 170 Å². The Hall–Kier alpha value is -3.39. The van der Waals surface area contributed by atoms with Crippen molar-refractivity contribution in [2.45, 2.75) is 19.9 Å². The molecule has 1 amide bonds. The molecule has 4 rings (SSSR count). The molecule has 148 valence electrons. The molecule has 0 unspecified atom stereocenters. The molecule has 0 saturated heterocycles. The first-order valence-electron chi connectivity index (χ1n) is 9.07. The van der Waals surface area contributed by atoms with Crippen LogP contribution < -0.4 is 5.32 Å². The van der Waals surface area contributed by atoms with E-state index in [1.54, 1.807) is 25.1 Å². The van der Waals surface area contributed by atoms with Crippen molar-refractivity contribution in [2.24, 2.45) is 0 Å². The van der Waals surface area contributed by atoms with E-state index in [1.165, 1.54) is 17.6 Å². The maximum atomic E-state index is 12.5. The SMILES string of the molecule is Cc1nn(-c2ccccc2)c2sc(C(=O)OCC(=O)N[C@@H](C)c3ccco3)cc12. The number of thiophene rings is 1. The van der Waals surface area contributed by atoms with Crippen LogP contribution in [0.3, 0.4) is 0 Å². The van der Waals surface area contributed by atoms with Crippen molar-refractivity contribution in [3.63, 3.8) is 0 Å². The Kier molecular flexibility index (Phi) is 5.18. The van der Waals surface area contributed by atoms with Gasteiger partial charge < -0.3 is 14.5 Å². The maximum Gasteiger partial charge on any atom is 0.348 e. The first-order chi connectivity index (χ1) is 14.0. The summed E-state index contributed by atoms with van der Waals surface area (Å²) in [5.74, 6) is -0.295. The molecule has 0 aliphatic rings. The van der Waals surface area contributed by atoms with Crippen molar-refractivity contribution in [1.82, 2.24) is 15.1 Å². The average molecular weight is 409 g/mol. The number of fused-ring (bicyclic) bond motifs is 1. The number of carbonyl (C=O) groups is 2. The highest BCUT2D eigenvalue weighted by Crippen LogP contribution is 2.30. The van der Waals surface area contributed by atoms with Crippen molar-refractivity contribution in [3.05, 3.63) is 71.1 Å². The highest BCUT2D eigenvalue weighted by atomic mass is 32.1. The fourth-order valence-corrected chi connectivity index (χ4v) is 4.06. The van der Waals surface area contributed by atoms with Gasteiger partial charge in [-0.15, -0.1) is 11.3 Å². The van der Waals surface area contributed by atoms with Crippen molar-refractivity contribution >= 4 is 33.4 Å². The predicted octanol–water partition coefficient (Wildman–Crippen LogP) is 4.02. The summed E-state index contributed by atoms with van der Waals surface area (Å²) < 4.78 is 12.2. The molecule has 1 N–H and O–H groups in total. The Balaban J connectivity index is 1.44. The summed E-state index contributed by atoms with van der Waals surface area (Å²) >= 11 is 1.29. The first-order valence-corrected chi connectivity index (χ1v) is 9.89. The molecule has 0 fully saturated rings. The third-order valence-electron chi connectivity index (χ3n) is 4.43. The lowest BCUT2D eigenvalue weighted by atomic mass is 10.2. The van der Waals surface area contributed by atoms with Crippen LogP contribution in [-0.2, 0) is 9.53 Å². The van der Waals surface area contributed by atoms with Crippen molar-refractivity contribution < 1.29 is 18.7 Å². The zero-order valence-electron chi connectivity index (χ0n) is 15.9. The molecule has 0 aliphatic carbocycles. The van der Waals surface area contributed by atoms with E-state index >= 15 is 0 Å². The predicted molar refractivity (Wildman–Crippen MR) is 109 cm³/mol. The Bertz CT molecular complexity index is 1150. The van der Waals surface area contributed by atoms with Crippen LogP contribution in [-0.4, -0.2) is 28.3 Å². The lowest BCUT2D eigenvalue weighted by Gasteiger charge is -2.11. The van der Waals surface area contributed by atoms with E-state index in [2.05, 4.69) is 10.4 Å². The van der Waals surface area contributed by atoms with Gasteiger partial charge in [0.2, 0.25) is 0 Å². The molecule has 0 aliphatic heterocycles. The highest BCUT2D eigenvalue weighted by Gasteiger charge is 2.19. The van der Waals surface area contributed by atoms with Crippen LogP contribution in [0.25, 0.3) is 15.9 Å². The molecule has 1 aromatic carbocycles. The second kappa shape index (κ2) is 7.92. The zero-order valence-corrected chi connectivity index (χ0v) is 16.7. The number of hydrogen-bond donors (Lipinski definition) is 1. The van der Waals surface area contributed by atoms with Gasteiger partial charge in [0.05, 0.1) is 23.7 Å². The number of hydrogen-bond acceptors (Lipinski definition) is 6. The number of para-hydroxylation sites is 1. The van der Waals surface area contributed by atoms with Crippen molar-refractivity contribution in [2.75, 3.05) is 6.61 Å². The summed E-state index contributed by atoms with van der Waals surface area (Å²) in [7, 11) is 0. The third-order valence-corrected chi connectivity index (χ3v) is 5.52. The molecule has 7 nitrogen and oxygen atoms in total. The topological polar surface area (TPSA) is 86.4 Å². The van der Waals surface area contributed by atoms with Gasteiger partial charge in [0, 0.05) is 5.39 Å². The molecule has 0 spiro atoms. The minimum Gasteiger partial charge on any atom is -0.467 e. The third kappa shape index (κ3) is 3.93. The summed E-state index contributed by atoms with van der Waals surface area (Å²) in [4.78, 5) is 25.8. The molecule has 3 heterocycles. The van der Waals surface area contributed by atoms with Gasteiger partial charge in [-0.05, 0) is 44.2 Å². The molecule has 8 heteroatoms. The van der Waals surface area contributed by atoms with E-state index in [9.17, 15) is 9.59 Å². The van der Waals surface area contributed by atoms with Crippen molar-refractivity contribution in [1.29, 1.82) is 0 Å². The van der Waals surface area contributed by atoms with Crippen LogP contribution in [0, 0.1) is 6.92 Å². The molecule has 0 saturated carbocycles. The quantitative estimate of drug-likeness (QED) is 0.486. The zero-order chi connectivity index (χ0) is 20.4. The van der Waals surface area contributed by atoms with E-state index in [-0.39, 0.29) is 12.6 Å². The molecule has 4 aromatic rings. The van der Waals surface area contributed by atoms with E-state index in [0.717, 1.165) is 21.6 Å². The lowest BCUT2D eigenvalue weighted by molar-refractivity contribution is -0.125. The van der Waals surface area contributed by atoms with Gasteiger partial charge in [-0.3, -0.25) is 4.79 Å². The monoisotopic (exact) mass is 409 g/mol. The Morgan fingerprint density at radius 3 is 2.76 bits per heavy atom. The van der Waals surface area contributed by atoms with Gasteiger partial charge in [-0.25, -0.2) is 9.48 Å². The fraction of sp³-hybridized carbons (Fsp3) is 0.190. The van der Waals surface area contributed by atoms with Gasteiger partial charge in [-0.1, -0.05) is 18.2 Å². The second-order valence-corrected chi connectivity index (χ2v) is 7.57. The Morgan fingerprint density at radius 1 is 1.24 bits per heavy atom. The molecular weight excluding hydrogens is 390 g/mol. The number of rotatable bonds is 6. The first kappa shape index (κ1) is 18.9. The largest absolute Gasteiger partial charge is 0.467 e. The highest BCUT2D eigenvalue weighted by molar-refractivity contribution is 7.20. The summed E-state index contributed by atoms with van der Waals surface area (Å²) in [6.45, 7) is 3.33. The summed E-state index contributed by atoms with van der Waals surface area (Å²) in [5.41, 5.74) is 1.74. The number of aryl methyl sites for hydroxylation is 1. The van der Waals surface area contributed by atoms with E-state index in [0.29, 0.717) is 10.6 Å². The summed E-state index contributed by atoms with van der Waals surface area (Å²) in [5, 5.41) is 8.17. The maximum absolute atomic E-state index is 12.5. The number of aromatic nitrogens is 2. The summed E-state index contributed by atoms with van der Waals surface area (Å²) in [6, 6.07) is 14.7. The molecule has 1 atom stereocenters. The van der Waals surface area contributed by atoms with Gasteiger partial charge in [0.15, 0.2) is 6.61 Å². The van der Waals surface area contributed by atoms with Crippen LogP contribution >= 0.6 is 11.3 Å². The van der Waals surface area contributed by atoms with E-state index in [1.807, 2.05) is 41.9 Å². The Morgan fingerprint density at radius 2 is 2.03 bits per heavy atom. The van der Waals surface area contributed by atoms with Gasteiger partial charge >= 0.3 is 5.97 Å². The van der Waals surface area contributed by atoms with Crippen LogP contribution in [0.5, 0.6) is 0 Å². The van der Waals surface area contributed by atoms with Crippen LogP contribution in [0.15, 0.2) is 59.2 Å². The molecular formula is C21H19N3O4S. The summed E-state index contributed by atoms with van der Waals surface area (Å²) in [6.07, 6.45) is 1.54. The number of ether oxygens (including phenoxy) is 1. The van der Waals surface area contributed by atoms with Gasteiger partial charge in [0.1, 0.15) is 15.5 Å². The van der Waals surface area contributed by atoms with Crippen LogP contribution in [0.2, 0.25) is 0 Å². The molecule has 0 radical (unpaired) electrons. The number of nitrogens with zero attached hydrogens (tertiary/aromatic N) is 2. The fourth-order valence-electron chi connectivity index (χ4n) is 2.99. The van der Waals surface area contributed by atoms with Gasteiger partial charge in [-0.2, -0.15) is 5.10 Å². The number of furan rings is 1. The second-order valence-electron chi connectivity index (χ2n) is 6.54. The number of esters is 1. The number of benzene rings is 1. The van der Waals surface area contributed by atoms with E-state index < -0.39 is 11.9 Å². The molecule has 0 bridgehead atoms. The standard InChI is InChI=1S/C21H19N3O4S/c1-13-16-11-18(29-20(16)24(23-13)15-7-4-3-5-8-15)21(26)28-12-19(25)22-14(2)17-9-6-10-27-17/h3-11,14H,12H2,1-2H3,(H,22,25)/t14-/m0/s1. The number of amides is 1. The van der Waals surface area contributed by atoms with E-state index in [4.69, 9.17) is 9.15 Å². The smallest absolute Gasteiger partial charge is 0.348 e. The average Bonchev–Trinajstić information content (AvgIpc) is 3.45. The molecule has 3 aromatic heterocycles. The normalized spacial score (nSPS) is 12.1. The van der Waals surface area contributed by atoms with Crippen LogP contribution in [0.1, 0.15) is 34.1 Å². The number of carbonyl (C=O) groups excluding carboxylic acids is 2. The minimum atomic E-state index is -0.536. The number of nitrogens with one attached hydrogen (secondary N) is 1. The lowest BCUT2D eigenvalue weighted by Crippen LogP contribution is -2.30. The van der Waals surface area contributed by atoms with Crippen molar-refractivity contribution in [3.8, 4) is 5.69 Å². The minimum absolute atomic E-state index is 0.306.